The van der Waals surface area contributed by atoms with Crippen molar-refractivity contribution in [1.29, 1.82) is 0 Å². The minimum atomic E-state index is -1.27. The van der Waals surface area contributed by atoms with Crippen LogP contribution in [0, 0.1) is 11.6 Å². The van der Waals surface area contributed by atoms with Gasteiger partial charge in [-0.2, -0.15) is 5.10 Å². The van der Waals surface area contributed by atoms with Gasteiger partial charge in [-0.25, -0.2) is 13.5 Å². The van der Waals surface area contributed by atoms with E-state index < -0.39 is 41.6 Å². The number of aromatic nitrogens is 2. The van der Waals surface area contributed by atoms with Gasteiger partial charge >= 0.3 is 0 Å². The van der Waals surface area contributed by atoms with Crippen molar-refractivity contribution in [2.75, 3.05) is 7.05 Å². The molecule has 0 aliphatic rings. The molecule has 0 radical (unpaired) electrons. The summed E-state index contributed by atoms with van der Waals surface area (Å²) in [6.07, 6.45) is 0. The number of hydrogen-bond acceptors (Lipinski definition) is 4. The zero-order valence-electron chi connectivity index (χ0n) is 15.9. The molecule has 2 amide bonds. The molecule has 0 bridgehead atoms. The quantitative estimate of drug-likeness (QED) is 0.646. The monoisotopic (exact) mass is 412 g/mol. The Balaban J connectivity index is 1.83. The fourth-order valence-electron chi connectivity index (χ4n) is 2.80. The van der Waals surface area contributed by atoms with Crippen molar-refractivity contribution < 1.29 is 18.4 Å². The van der Waals surface area contributed by atoms with Crippen LogP contribution < -0.4 is 16.2 Å². The molecule has 1 unspecified atom stereocenters. The first-order valence-corrected chi connectivity index (χ1v) is 8.98. The van der Waals surface area contributed by atoms with Crippen LogP contribution in [0.2, 0.25) is 0 Å². The van der Waals surface area contributed by atoms with Gasteiger partial charge in [-0.3, -0.25) is 14.4 Å². The van der Waals surface area contributed by atoms with E-state index in [-0.39, 0.29) is 5.56 Å². The van der Waals surface area contributed by atoms with Crippen LogP contribution in [-0.4, -0.2) is 28.6 Å². The van der Waals surface area contributed by atoms with Gasteiger partial charge < -0.3 is 10.6 Å². The van der Waals surface area contributed by atoms with E-state index in [1.165, 1.54) is 19.2 Å². The Kier molecular flexibility index (Phi) is 6.31. The molecule has 1 atom stereocenters. The summed E-state index contributed by atoms with van der Waals surface area (Å²) >= 11 is 0. The third kappa shape index (κ3) is 4.75. The number of amides is 2. The molecular weight excluding hydrogens is 394 g/mol. The molecule has 0 spiro atoms. The Hall–Kier alpha value is -3.88. The van der Waals surface area contributed by atoms with Gasteiger partial charge in [0.15, 0.2) is 11.6 Å². The van der Waals surface area contributed by atoms with Crippen molar-refractivity contribution in [3.05, 3.63) is 88.2 Å². The molecule has 0 saturated heterocycles. The van der Waals surface area contributed by atoms with Crippen molar-refractivity contribution in [3.63, 3.8) is 0 Å². The number of carbonyl (C=O) groups excluding carboxylic acids is 2. The number of rotatable bonds is 6. The van der Waals surface area contributed by atoms with Crippen LogP contribution in [0.15, 0.2) is 65.5 Å². The Morgan fingerprint density at radius 2 is 1.77 bits per heavy atom. The average Bonchev–Trinajstić information content (AvgIpc) is 2.75. The third-order valence-corrected chi connectivity index (χ3v) is 4.32. The highest BCUT2D eigenvalue weighted by molar-refractivity contribution is 5.88. The van der Waals surface area contributed by atoms with Crippen molar-refractivity contribution in [3.8, 4) is 11.3 Å². The summed E-state index contributed by atoms with van der Waals surface area (Å²) in [5.41, 5.74) is 0.803. The van der Waals surface area contributed by atoms with Crippen molar-refractivity contribution >= 4 is 11.8 Å². The van der Waals surface area contributed by atoms with Gasteiger partial charge in [0, 0.05) is 18.7 Å². The molecule has 30 heavy (non-hydrogen) atoms. The van der Waals surface area contributed by atoms with Gasteiger partial charge in [0.05, 0.1) is 5.69 Å². The van der Waals surface area contributed by atoms with Crippen LogP contribution in [-0.2, 0) is 16.1 Å². The molecule has 0 fully saturated rings. The highest BCUT2D eigenvalue weighted by Crippen LogP contribution is 2.17. The normalized spacial score (nSPS) is 11.6. The summed E-state index contributed by atoms with van der Waals surface area (Å²) in [4.78, 5) is 36.8. The van der Waals surface area contributed by atoms with Gasteiger partial charge in [0.25, 0.3) is 5.56 Å². The summed E-state index contributed by atoms with van der Waals surface area (Å²) in [5, 5.41) is 8.97. The van der Waals surface area contributed by atoms with Crippen LogP contribution in [0.4, 0.5) is 8.78 Å². The number of halogens is 2. The maximum Gasteiger partial charge on any atom is 0.267 e. The predicted octanol–water partition coefficient (Wildman–Crippen LogP) is 1.79. The number of nitrogens with one attached hydrogen (secondary N) is 2. The lowest BCUT2D eigenvalue weighted by Gasteiger charge is -2.18. The van der Waals surface area contributed by atoms with E-state index in [0.29, 0.717) is 5.69 Å². The number of carbonyl (C=O) groups is 2. The van der Waals surface area contributed by atoms with Gasteiger partial charge in [-0.15, -0.1) is 0 Å². The summed E-state index contributed by atoms with van der Waals surface area (Å²) < 4.78 is 27.7. The second kappa shape index (κ2) is 9.08. The second-order valence-corrected chi connectivity index (χ2v) is 6.37. The molecule has 154 valence electrons. The Bertz CT molecular complexity index is 1130. The standard InChI is InChI=1S/C21H18F2N4O3/c1-24-21(30)20(14-7-8-15(22)16(23)11-14)25-18(28)12-27-19(29)10-9-17(26-27)13-5-3-2-4-6-13/h2-11,20H,12H2,1H3,(H,24,30)(H,25,28). The molecule has 7 nitrogen and oxygen atoms in total. The molecule has 0 aliphatic heterocycles. The Morgan fingerprint density at radius 3 is 2.43 bits per heavy atom. The van der Waals surface area contributed by atoms with E-state index >= 15 is 0 Å². The summed E-state index contributed by atoms with van der Waals surface area (Å²) in [6, 6.07) is 13.5. The highest BCUT2D eigenvalue weighted by atomic mass is 19.2. The zero-order valence-corrected chi connectivity index (χ0v) is 15.9. The highest BCUT2D eigenvalue weighted by Gasteiger charge is 2.23. The van der Waals surface area contributed by atoms with Crippen LogP contribution in [0.25, 0.3) is 11.3 Å². The van der Waals surface area contributed by atoms with E-state index in [4.69, 9.17) is 0 Å². The molecule has 1 heterocycles. The topological polar surface area (TPSA) is 93.1 Å². The number of likely N-dealkylation sites (N-methyl/N-ethyl adjacent to an activating group) is 1. The van der Waals surface area contributed by atoms with E-state index in [1.807, 2.05) is 30.3 Å². The molecule has 9 heteroatoms. The lowest BCUT2D eigenvalue weighted by molar-refractivity contribution is -0.129. The Morgan fingerprint density at radius 1 is 1.03 bits per heavy atom. The fraction of sp³-hybridized carbons (Fsp3) is 0.143. The fourth-order valence-corrected chi connectivity index (χ4v) is 2.80. The smallest absolute Gasteiger partial charge is 0.267 e. The Labute approximate surface area is 170 Å². The number of nitrogens with zero attached hydrogens (tertiary/aromatic N) is 2. The van der Waals surface area contributed by atoms with E-state index in [2.05, 4.69) is 15.7 Å². The summed E-state index contributed by atoms with van der Waals surface area (Å²) in [6.45, 7) is -0.462. The zero-order chi connectivity index (χ0) is 21.7. The average molecular weight is 412 g/mol. The van der Waals surface area contributed by atoms with E-state index in [1.54, 1.807) is 6.07 Å². The molecule has 0 saturated carbocycles. The largest absolute Gasteiger partial charge is 0.357 e. The molecule has 3 rings (SSSR count). The van der Waals surface area contributed by atoms with Gasteiger partial charge in [0.1, 0.15) is 12.6 Å². The van der Waals surface area contributed by atoms with Crippen molar-refractivity contribution in [2.45, 2.75) is 12.6 Å². The molecule has 1 aromatic heterocycles. The number of benzene rings is 2. The van der Waals surface area contributed by atoms with Gasteiger partial charge in [-0.05, 0) is 23.8 Å². The first-order chi connectivity index (χ1) is 14.4. The maximum atomic E-state index is 13.6. The van der Waals surface area contributed by atoms with Gasteiger partial charge in [0.2, 0.25) is 11.8 Å². The van der Waals surface area contributed by atoms with E-state index in [9.17, 15) is 23.2 Å². The lowest BCUT2D eigenvalue weighted by Crippen LogP contribution is -2.41. The second-order valence-electron chi connectivity index (χ2n) is 6.37. The predicted molar refractivity (Wildman–Crippen MR) is 105 cm³/mol. The van der Waals surface area contributed by atoms with E-state index in [0.717, 1.165) is 22.4 Å². The van der Waals surface area contributed by atoms with Crippen LogP contribution in [0.3, 0.4) is 0 Å². The van der Waals surface area contributed by atoms with Crippen LogP contribution in [0.1, 0.15) is 11.6 Å². The molecule has 3 aromatic rings. The van der Waals surface area contributed by atoms with Crippen molar-refractivity contribution in [2.24, 2.45) is 0 Å². The van der Waals surface area contributed by atoms with Crippen molar-refractivity contribution in [1.82, 2.24) is 20.4 Å². The number of hydrogen-bond donors (Lipinski definition) is 2. The SMILES string of the molecule is CNC(=O)C(NC(=O)Cn1nc(-c2ccccc2)ccc1=O)c1ccc(F)c(F)c1. The minimum absolute atomic E-state index is 0.0555. The van der Waals surface area contributed by atoms with Crippen LogP contribution >= 0.6 is 0 Å². The maximum absolute atomic E-state index is 13.6. The molecule has 2 N–H and O–H groups in total. The summed E-state index contributed by atoms with van der Waals surface area (Å²) in [7, 11) is 1.34. The first kappa shape index (κ1) is 20.8. The molecule has 0 aliphatic carbocycles. The minimum Gasteiger partial charge on any atom is -0.357 e. The van der Waals surface area contributed by atoms with Crippen LogP contribution in [0.5, 0.6) is 0 Å². The summed E-state index contributed by atoms with van der Waals surface area (Å²) in [5.74, 6) is -3.56. The third-order valence-electron chi connectivity index (χ3n) is 4.32. The molecule has 2 aromatic carbocycles. The van der Waals surface area contributed by atoms with Gasteiger partial charge in [-0.1, -0.05) is 36.4 Å². The first-order valence-electron chi connectivity index (χ1n) is 8.98. The molecular formula is C21H18F2N4O3. The lowest BCUT2D eigenvalue weighted by atomic mass is 10.1.